The number of aromatic nitrogens is 1. The highest BCUT2D eigenvalue weighted by Gasteiger charge is 2.32. The number of nitrogens with two attached hydrogens (primary N) is 1. The van der Waals surface area contributed by atoms with Crippen molar-refractivity contribution in [3.8, 4) is 5.88 Å². The second-order valence-corrected chi connectivity index (χ2v) is 2.43. The van der Waals surface area contributed by atoms with Gasteiger partial charge >= 0.3 is 12.3 Å². The molecule has 0 fully saturated rings. The number of hydrogen-bond acceptors (Lipinski definition) is 3. The first kappa shape index (κ1) is 11.2. The Bertz CT molecular complexity index is 391. The summed E-state index contributed by atoms with van der Waals surface area (Å²) in [6.07, 6.45) is -5.73. The van der Waals surface area contributed by atoms with E-state index >= 15 is 0 Å². The summed E-state index contributed by atoms with van der Waals surface area (Å²) in [6, 6.07) is 0.158. The molecule has 15 heavy (non-hydrogen) atoms. The SMILES string of the molecule is NC(=O)Oc1ncc(C(F)(F)F)cc1F. The van der Waals surface area contributed by atoms with Crippen LogP contribution in [-0.4, -0.2) is 11.1 Å². The molecule has 0 atom stereocenters. The second kappa shape index (κ2) is 3.71. The lowest BCUT2D eigenvalue weighted by atomic mass is 10.3. The van der Waals surface area contributed by atoms with E-state index in [-0.39, 0.29) is 6.07 Å². The zero-order chi connectivity index (χ0) is 11.6. The van der Waals surface area contributed by atoms with Crippen molar-refractivity contribution in [3.63, 3.8) is 0 Å². The normalized spacial score (nSPS) is 11.2. The van der Waals surface area contributed by atoms with E-state index in [1.165, 1.54) is 0 Å². The molecule has 0 bridgehead atoms. The Morgan fingerprint density at radius 1 is 1.47 bits per heavy atom. The lowest BCUT2D eigenvalue weighted by Crippen LogP contribution is -2.18. The molecule has 0 saturated carbocycles. The number of halogens is 4. The highest BCUT2D eigenvalue weighted by atomic mass is 19.4. The van der Waals surface area contributed by atoms with Gasteiger partial charge in [-0.3, -0.25) is 0 Å². The Morgan fingerprint density at radius 2 is 2.07 bits per heavy atom. The average molecular weight is 224 g/mol. The molecule has 0 aliphatic heterocycles. The molecule has 0 saturated heterocycles. The van der Waals surface area contributed by atoms with Crippen molar-refractivity contribution in [2.75, 3.05) is 0 Å². The fraction of sp³-hybridized carbons (Fsp3) is 0.143. The number of amides is 1. The summed E-state index contributed by atoms with van der Waals surface area (Å²) in [5.74, 6) is -2.31. The Morgan fingerprint density at radius 3 is 2.47 bits per heavy atom. The highest BCUT2D eigenvalue weighted by molar-refractivity contribution is 5.67. The maximum absolute atomic E-state index is 12.8. The Balaban J connectivity index is 3.03. The highest BCUT2D eigenvalue weighted by Crippen LogP contribution is 2.30. The van der Waals surface area contributed by atoms with Crippen molar-refractivity contribution in [1.29, 1.82) is 0 Å². The standard InChI is InChI=1S/C7H4F4N2O2/c8-4-1-3(7(9,10)11)2-13-5(4)15-6(12)14/h1-2H,(H2,12,14). The molecule has 0 aliphatic rings. The van der Waals surface area contributed by atoms with Gasteiger partial charge in [0.2, 0.25) is 0 Å². The molecule has 0 unspecified atom stereocenters. The fourth-order valence-corrected chi connectivity index (χ4v) is 0.751. The zero-order valence-electron chi connectivity index (χ0n) is 7.01. The Hall–Kier alpha value is -1.86. The van der Waals surface area contributed by atoms with Gasteiger partial charge in [-0.05, 0) is 6.07 Å². The topological polar surface area (TPSA) is 65.2 Å². The minimum atomic E-state index is -4.71. The largest absolute Gasteiger partial charge is 0.417 e. The molecule has 2 N–H and O–H groups in total. The van der Waals surface area contributed by atoms with Crippen LogP contribution >= 0.6 is 0 Å². The van der Waals surface area contributed by atoms with E-state index in [0.717, 1.165) is 0 Å². The van der Waals surface area contributed by atoms with Gasteiger partial charge in [0.05, 0.1) is 5.56 Å². The van der Waals surface area contributed by atoms with Crippen LogP contribution in [0.3, 0.4) is 0 Å². The van der Waals surface area contributed by atoms with E-state index in [4.69, 9.17) is 0 Å². The van der Waals surface area contributed by atoms with Crippen molar-refractivity contribution in [1.82, 2.24) is 4.98 Å². The number of carbonyl (C=O) groups is 1. The van der Waals surface area contributed by atoms with Crippen LogP contribution in [0.4, 0.5) is 22.4 Å². The molecule has 4 nitrogen and oxygen atoms in total. The van der Waals surface area contributed by atoms with Gasteiger partial charge in [-0.25, -0.2) is 14.2 Å². The predicted molar refractivity (Wildman–Crippen MR) is 39.4 cm³/mol. The number of hydrogen-bond donors (Lipinski definition) is 1. The molecule has 82 valence electrons. The van der Waals surface area contributed by atoms with Crippen molar-refractivity contribution in [2.24, 2.45) is 5.73 Å². The van der Waals surface area contributed by atoms with Gasteiger partial charge in [-0.1, -0.05) is 0 Å². The maximum atomic E-state index is 12.8. The van der Waals surface area contributed by atoms with E-state index in [0.29, 0.717) is 6.20 Å². The molecule has 1 rings (SSSR count). The van der Waals surface area contributed by atoms with Crippen LogP contribution in [0.25, 0.3) is 0 Å². The molecular formula is C7H4F4N2O2. The first-order valence-electron chi connectivity index (χ1n) is 3.50. The summed E-state index contributed by atoms with van der Waals surface area (Å²) in [6.45, 7) is 0. The van der Waals surface area contributed by atoms with Gasteiger partial charge in [-0.15, -0.1) is 0 Å². The summed E-state index contributed by atoms with van der Waals surface area (Å²) < 4.78 is 52.9. The molecule has 0 aromatic carbocycles. The smallest absolute Gasteiger partial charge is 0.388 e. The number of primary amides is 1. The summed E-state index contributed by atoms with van der Waals surface area (Å²) in [5.41, 5.74) is 3.25. The molecular weight excluding hydrogens is 220 g/mol. The Kier molecular flexibility index (Phi) is 2.78. The zero-order valence-corrected chi connectivity index (χ0v) is 7.01. The van der Waals surface area contributed by atoms with Crippen LogP contribution in [-0.2, 0) is 6.18 Å². The first-order chi connectivity index (χ1) is 6.80. The number of rotatable bonds is 1. The van der Waals surface area contributed by atoms with E-state index in [1.54, 1.807) is 0 Å². The number of ether oxygens (including phenoxy) is 1. The molecule has 1 amide bonds. The van der Waals surface area contributed by atoms with E-state index in [2.05, 4.69) is 15.5 Å². The molecule has 1 aromatic rings. The molecule has 1 aromatic heterocycles. The monoisotopic (exact) mass is 224 g/mol. The van der Waals surface area contributed by atoms with Crippen LogP contribution in [0.1, 0.15) is 5.56 Å². The number of pyridine rings is 1. The summed E-state index contributed by atoms with van der Waals surface area (Å²) in [5, 5.41) is 0. The van der Waals surface area contributed by atoms with E-state index in [9.17, 15) is 22.4 Å². The van der Waals surface area contributed by atoms with Gasteiger partial charge in [0.15, 0.2) is 5.82 Å². The minimum Gasteiger partial charge on any atom is -0.388 e. The third-order valence-electron chi connectivity index (χ3n) is 1.33. The van der Waals surface area contributed by atoms with Crippen LogP contribution in [0.2, 0.25) is 0 Å². The third kappa shape index (κ3) is 2.79. The van der Waals surface area contributed by atoms with Gasteiger partial charge in [0.1, 0.15) is 0 Å². The van der Waals surface area contributed by atoms with Gasteiger partial charge in [0.25, 0.3) is 5.88 Å². The van der Waals surface area contributed by atoms with Crippen LogP contribution < -0.4 is 10.5 Å². The van der Waals surface area contributed by atoms with Crippen molar-refractivity contribution >= 4 is 6.09 Å². The fourth-order valence-electron chi connectivity index (χ4n) is 0.751. The van der Waals surface area contributed by atoms with Gasteiger partial charge < -0.3 is 10.5 Å². The lowest BCUT2D eigenvalue weighted by Gasteiger charge is -2.07. The van der Waals surface area contributed by atoms with Crippen molar-refractivity contribution in [2.45, 2.75) is 6.18 Å². The van der Waals surface area contributed by atoms with E-state index < -0.39 is 29.5 Å². The Labute approximate surface area is 80.7 Å². The van der Waals surface area contributed by atoms with Gasteiger partial charge in [-0.2, -0.15) is 13.2 Å². The third-order valence-corrected chi connectivity index (χ3v) is 1.33. The summed E-state index contributed by atoms with van der Waals surface area (Å²) >= 11 is 0. The predicted octanol–water partition coefficient (Wildman–Crippen LogP) is 1.70. The average Bonchev–Trinajstić information content (AvgIpc) is 2.05. The summed E-state index contributed by atoms with van der Waals surface area (Å²) in [4.78, 5) is 13.1. The number of alkyl halides is 3. The summed E-state index contributed by atoms with van der Waals surface area (Å²) in [7, 11) is 0. The molecule has 0 aliphatic carbocycles. The quantitative estimate of drug-likeness (QED) is 0.738. The van der Waals surface area contributed by atoms with Crippen LogP contribution in [0.5, 0.6) is 5.88 Å². The molecule has 8 heteroatoms. The maximum Gasteiger partial charge on any atom is 0.417 e. The van der Waals surface area contributed by atoms with Crippen molar-refractivity contribution < 1.29 is 27.1 Å². The number of nitrogens with zero attached hydrogens (tertiary/aromatic N) is 1. The molecule has 0 radical (unpaired) electrons. The molecule has 0 spiro atoms. The van der Waals surface area contributed by atoms with Crippen LogP contribution in [0.15, 0.2) is 12.3 Å². The van der Waals surface area contributed by atoms with Crippen LogP contribution in [0, 0.1) is 5.82 Å². The second-order valence-electron chi connectivity index (χ2n) is 2.43. The van der Waals surface area contributed by atoms with E-state index in [1.807, 2.05) is 0 Å². The molecule has 1 heterocycles. The lowest BCUT2D eigenvalue weighted by molar-refractivity contribution is -0.138. The minimum absolute atomic E-state index is 0.158. The number of carbonyl (C=O) groups excluding carboxylic acids is 1. The van der Waals surface area contributed by atoms with Gasteiger partial charge in [0, 0.05) is 6.20 Å². The van der Waals surface area contributed by atoms with Crippen molar-refractivity contribution in [3.05, 3.63) is 23.6 Å². The first-order valence-corrected chi connectivity index (χ1v) is 3.50.